The van der Waals surface area contributed by atoms with Crippen molar-refractivity contribution in [1.82, 2.24) is 0 Å². The molecule has 82 valence electrons. The van der Waals surface area contributed by atoms with Crippen molar-refractivity contribution in [3.63, 3.8) is 0 Å². The van der Waals surface area contributed by atoms with E-state index < -0.39 is 6.67 Å². The molecule has 0 aliphatic carbocycles. The van der Waals surface area contributed by atoms with Crippen LogP contribution >= 0.6 is 23.2 Å². The second-order valence-electron chi connectivity index (χ2n) is 2.82. The third kappa shape index (κ3) is 3.36. The van der Waals surface area contributed by atoms with Crippen LogP contribution in [0.2, 0.25) is 10.0 Å². The summed E-state index contributed by atoms with van der Waals surface area (Å²) in [6.45, 7) is -0.252. The van der Waals surface area contributed by atoms with Crippen molar-refractivity contribution in [3.05, 3.63) is 27.7 Å². The lowest BCUT2D eigenvalue weighted by molar-refractivity contribution is 0.112. The third-order valence-electron chi connectivity index (χ3n) is 1.68. The van der Waals surface area contributed by atoms with Gasteiger partial charge in [0, 0.05) is 12.0 Å². The van der Waals surface area contributed by atoms with Crippen LogP contribution in [0.25, 0.3) is 0 Å². The predicted octanol–water partition coefficient (Wildman–Crippen LogP) is 3.54. The second-order valence-corrected chi connectivity index (χ2v) is 3.64. The van der Waals surface area contributed by atoms with Gasteiger partial charge in [-0.25, -0.2) is 0 Å². The molecule has 0 aliphatic heterocycles. The van der Waals surface area contributed by atoms with E-state index in [-0.39, 0.29) is 28.8 Å². The molecule has 0 N–H and O–H groups in total. The first-order valence-electron chi connectivity index (χ1n) is 4.32. The fourth-order valence-corrected chi connectivity index (χ4v) is 1.63. The zero-order valence-electron chi connectivity index (χ0n) is 7.80. The quantitative estimate of drug-likeness (QED) is 0.590. The molecule has 0 saturated carbocycles. The van der Waals surface area contributed by atoms with Gasteiger partial charge in [-0.2, -0.15) is 0 Å². The number of carbonyl (C=O) groups is 1. The Hall–Kier alpha value is -0.800. The molecule has 15 heavy (non-hydrogen) atoms. The number of carbonyl (C=O) groups excluding carboxylic acids is 1. The zero-order valence-corrected chi connectivity index (χ0v) is 9.32. The molecule has 0 fully saturated rings. The lowest BCUT2D eigenvalue weighted by Crippen LogP contribution is -1.99. The minimum atomic E-state index is -0.457. The molecule has 0 heterocycles. The van der Waals surface area contributed by atoms with Gasteiger partial charge in [0.15, 0.2) is 5.75 Å². The maximum absolute atomic E-state index is 11.8. The number of halogens is 3. The Balaban J connectivity index is 2.83. The Labute approximate surface area is 96.9 Å². The topological polar surface area (TPSA) is 26.3 Å². The van der Waals surface area contributed by atoms with Crippen molar-refractivity contribution in [3.8, 4) is 5.75 Å². The van der Waals surface area contributed by atoms with Crippen LogP contribution in [-0.4, -0.2) is 19.6 Å². The first-order valence-corrected chi connectivity index (χ1v) is 5.07. The monoisotopic (exact) mass is 250 g/mol. The molecule has 0 saturated heterocycles. The number of rotatable bonds is 5. The summed E-state index contributed by atoms with van der Waals surface area (Å²) in [5.41, 5.74) is 0.378. The molecule has 0 atom stereocenters. The Bertz CT molecular complexity index is 332. The van der Waals surface area contributed by atoms with E-state index in [2.05, 4.69) is 0 Å². The predicted molar refractivity (Wildman–Crippen MR) is 57.9 cm³/mol. The van der Waals surface area contributed by atoms with E-state index >= 15 is 0 Å². The molecular formula is C10H9Cl2FO2. The molecule has 0 bridgehead atoms. The molecule has 1 aromatic rings. The van der Waals surface area contributed by atoms with E-state index in [4.69, 9.17) is 27.9 Å². The second kappa shape index (κ2) is 5.93. The molecule has 0 aliphatic rings. The number of hydrogen-bond donors (Lipinski definition) is 0. The molecule has 0 amide bonds. The van der Waals surface area contributed by atoms with Crippen molar-refractivity contribution >= 4 is 29.5 Å². The molecular weight excluding hydrogens is 242 g/mol. The number of ether oxygens (including phenoxy) is 1. The van der Waals surface area contributed by atoms with Gasteiger partial charge >= 0.3 is 0 Å². The Kier molecular flexibility index (Phi) is 4.85. The highest BCUT2D eigenvalue weighted by Gasteiger charge is 2.09. The van der Waals surface area contributed by atoms with Crippen molar-refractivity contribution < 1.29 is 13.9 Å². The summed E-state index contributed by atoms with van der Waals surface area (Å²) in [6, 6.07) is 2.90. The minimum absolute atomic E-state index is 0.205. The van der Waals surface area contributed by atoms with Crippen LogP contribution in [0.4, 0.5) is 4.39 Å². The molecule has 1 aromatic carbocycles. The van der Waals surface area contributed by atoms with Crippen LogP contribution in [-0.2, 0) is 0 Å². The van der Waals surface area contributed by atoms with Crippen LogP contribution in [0.3, 0.4) is 0 Å². The smallest absolute Gasteiger partial charge is 0.156 e. The van der Waals surface area contributed by atoms with E-state index in [1.807, 2.05) is 0 Å². The van der Waals surface area contributed by atoms with Crippen molar-refractivity contribution in [1.29, 1.82) is 0 Å². The molecule has 5 heteroatoms. The van der Waals surface area contributed by atoms with Gasteiger partial charge in [-0.3, -0.25) is 9.18 Å². The highest BCUT2D eigenvalue weighted by Crippen LogP contribution is 2.33. The summed E-state index contributed by atoms with van der Waals surface area (Å²) in [5.74, 6) is 0.289. The van der Waals surface area contributed by atoms with Gasteiger partial charge in [-0.1, -0.05) is 23.2 Å². The summed E-state index contributed by atoms with van der Waals surface area (Å²) in [6.07, 6.45) is 0.922. The average Bonchev–Trinajstić information content (AvgIpc) is 2.22. The number of aldehydes is 1. The standard InChI is InChI=1S/C10H9Cl2FO2/c11-8-4-7(6-14)5-9(12)10(8)15-3-1-2-13/h4-6H,1-3H2. The maximum Gasteiger partial charge on any atom is 0.156 e. The first kappa shape index (κ1) is 12.3. The summed E-state index contributed by atoms with van der Waals surface area (Å²) in [5, 5.41) is 0.506. The van der Waals surface area contributed by atoms with Gasteiger partial charge in [0.1, 0.15) is 6.29 Å². The van der Waals surface area contributed by atoms with Crippen LogP contribution in [0.5, 0.6) is 5.75 Å². The zero-order chi connectivity index (χ0) is 11.3. The summed E-state index contributed by atoms with van der Waals surface area (Å²) in [4.78, 5) is 10.5. The van der Waals surface area contributed by atoms with E-state index in [0.29, 0.717) is 11.8 Å². The van der Waals surface area contributed by atoms with Gasteiger partial charge in [0.2, 0.25) is 0 Å². The minimum Gasteiger partial charge on any atom is -0.490 e. The van der Waals surface area contributed by atoms with E-state index in [9.17, 15) is 9.18 Å². The van der Waals surface area contributed by atoms with Gasteiger partial charge < -0.3 is 4.74 Å². The lowest BCUT2D eigenvalue weighted by atomic mass is 10.2. The Morgan fingerprint density at radius 1 is 1.33 bits per heavy atom. The molecule has 2 nitrogen and oxygen atoms in total. The summed E-state index contributed by atoms with van der Waals surface area (Å²) in [7, 11) is 0. The summed E-state index contributed by atoms with van der Waals surface area (Å²) < 4.78 is 17.0. The van der Waals surface area contributed by atoms with Gasteiger partial charge in [-0.05, 0) is 12.1 Å². The fraction of sp³-hybridized carbons (Fsp3) is 0.300. The molecule has 0 radical (unpaired) electrons. The third-order valence-corrected chi connectivity index (χ3v) is 2.24. The van der Waals surface area contributed by atoms with E-state index in [0.717, 1.165) is 0 Å². The van der Waals surface area contributed by atoms with Gasteiger partial charge in [-0.15, -0.1) is 0 Å². The Morgan fingerprint density at radius 2 is 1.93 bits per heavy atom. The SMILES string of the molecule is O=Cc1cc(Cl)c(OCCCF)c(Cl)c1. The van der Waals surface area contributed by atoms with Gasteiger partial charge in [0.25, 0.3) is 0 Å². The highest BCUT2D eigenvalue weighted by molar-refractivity contribution is 6.37. The number of benzene rings is 1. The van der Waals surface area contributed by atoms with Crippen LogP contribution in [0.1, 0.15) is 16.8 Å². The number of alkyl halides is 1. The van der Waals surface area contributed by atoms with Crippen LogP contribution in [0, 0.1) is 0 Å². The van der Waals surface area contributed by atoms with E-state index in [1.165, 1.54) is 12.1 Å². The maximum atomic E-state index is 11.8. The van der Waals surface area contributed by atoms with E-state index in [1.54, 1.807) is 0 Å². The van der Waals surface area contributed by atoms with Crippen molar-refractivity contribution in [2.75, 3.05) is 13.3 Å². The average molecular weight is 251 g/mol. The molecule has 1 rings (SSSR count). The van der Waals surface area contributed by atoms with Crippen LogP contribution in [0.15, 0.2) is 12.1 Å². The first-order chi connectivity index (χ1) is 7.19. The highest BCUT2D eigenvalue weighted by atomic mass is 35.5. The van der Waals surface area contributed by atoms with Crippen molar-refractivity contribution in [2.24, 2.45) is 0 Å². The fourth-order valence-electron chi connectivity index (χ4n) is 1.01. The Morgan fingerprint density at radius 3 is 2.40 bits per heavy atom. The number of hydrogen-bond acceptors (Lipinski definition) is 2. The summed E-state index contributed by atoms with van der Waals surface area (Å²) >= 11 is 11.7. The largest absolute Gasteiger partial charge is 0.490 e. The molecule has 0 aromatic heterocycles. The molecule has 0 spiro atoms. The lowest BCUT2D eigenvalue weighted by Gasteiger charge is -2.09. The van der Waals surface area contributed by atoms with Gasteiger partial charge in [0.05, 0.1) is 23.3 Å². The normalized spacial score (nSPS) is 10.1. The molecule has 0 unspecified atom stereocenters. The van der Waals surface area contributed by atoms with Crippen molar-refractivity contribution in [2.45, 2.75) is 6.42 Å². The van der Waals surface area contributed by atoms with Crippen LogP contribution < -0.4 is 4.74 Å².